The number of halogens is 1. The monoisotopic (exact) mass is 296 g/mol. The van der Waals surface area contributed by atoms with Crippen LogP contribution >= 0.6 is 15.9 Å². The zero-order valence-electron chi connectivity index (χ0n) is 10.1. The highest BCUT2D eigenvalue weighted by atomic mass is 79.9. The van der Waals surface area contributed by atoms with E-state index in [1.165, 1.54) is 12.8 Å². The minimum Gasteiger partial charge on any atom is -0.399 e. The Morgan fingerprint density at radius 3 is 2.76 bits per heavy atom. The summed E-state index contributed by atoms with van der Waals surface area (Å²) in [5.74, 6) is 0.701. The van der Waals surface area contributed by atoms with Crippen molar-refractivity contribution in [1.82, 2.24) is 4.90 Å². The van der Waals surface area contributed by atoms with Crippen LogP contribution in [0.15, 0.2) is 22.7 Å². The molecule has 0 aliphatic heterocycles. The van der Waals surface area contributed by atoms with E-state index in [0.29, 0.717) is 23.2 Å². The van der Waals surface area contributed by atoms with Crippen molar-refractivity contribution in [3.05, 3.63) is 28.2 Å². The average Bonchev–Trinajstić information content (AvgIpc) is 3.13. The summed E-state index contributed by atoms with van der Waals surface area (Å²) in [6, 6.07) is 5.63. The van der Waals surface area contributed by atoms with Gasteiger partial charge in [0.15, 0.2) is 0 Å². The molecule has 4 heteroatoms. The maximum atomic E-state index is 12.3. The summed E-state index contributed by atoms with van der Waals surface area (Å²) in [6.45, 7) is 2.11. The zero-order chi connectivity index (χ0) is 12.6. The first kappa shape index (κ1) is 12.4. The molecule has 1 amide bonds. The van der Waals surface area contributed by atoms with Gasteiger partial charge in [-0.25, -0.2) is 0 Å². The SMILES string of the molecule is CC(C1CC1)N(C)C(=O)c1cc(N)ccc1Br. The van der Waals surface area contributed by atoms with Crippen LogP contribution in [0, 0.1) is 5.92 Å². The van der Waals surface area contributed by atoms with Crippen LogP contribution in [0.3, 0.4) is 0 Å². The van der Waals surface area contributed by atoms with Gasteiger partial charge in [0.1, 0.15) is 0 Å². The van der Waals surface area contributed by atoms with Gasteiger partial charge in [-0.2, -0.15) is 0 Å². The fourth-order valence-electron chi connectivity index (χ4n) is 1.98. The van der Waals surface area contributed by atoms with E-state index in [4.69, 9.17) is 5.73 Å². The predicted molar refractivity (Wildman–Crippen MR) is 72.8 cm³/mol. The molecular weight excluding hydrogens is 280 g/mol. The summed E-state index contributed by atoms with van der Waals surface area (Å²) in [5, 5.41) is 0. The smallest absolute Gasteiger partial charge is 0.255 e. The molecule has 1 unspecified atom stereocenters. The van der Waals surface area contributed by atoms with Gasteiger partial charge in [0.2, 0.25) is 0 Å². The molecule has 0 bridgehead atoms. The topological polar surface area (TPSA) is 46.3 Å². The third-order valence-corrected chi connectivity index (χ3v) is 4.15. The van der Waals surface area contributed by atoms with E-state index >= 15 is 0 Å². The van der Waals surface area contributed by atoms with Crippen LogP contribution in [0.4, 0.5) is 5.69 Å². The third-order valence-electron chi connectivity index (χ3n) is 3.46. The number of carbonyl (C=O) groups excluding carboxylic acids is 1. The fraction of sp³-hybridized carbons (Fsp3) is 0.462. The molecule has 2 N–H and O–H groups in total. The first-order valence-corrected chi connectivity index (χ1v) is 6.62. The molecule has 1 fully saturated rings. The van der Waals surface area contributed by atoms with Crippen molar-refractivity contribution in [3.63, 3.8) is 0 Å². The Labute approximate surface area is 110 Å². The van der Waals surface area contributed by atoms with Crippen molar-refractivity contribution in [2.24, 2.45) is 5.92 Å². The summed E-state index contributed by atoms with van der Waals surface area (Å²) in [7, 11) is 1.86. The second-order valence-electron chi connectivity index (χ2n) is 4.73. The number of benzene rings is 1. The van der Waals surface area contributed by atoms with Crippen LogP contribution in [0.25, 0.3) is 0 Å². The number of amides is 1. The molecule has 17 heavy (non-hydrogen) atoms. The Kier molecular flexibility index (Phi) is 3.43. The number of carbonyl (C=O) groups is 1. The van der Waals surface area contributed by atoms with Crippen LogP contribution < -0.4 is 5.73 Å². The number of rotatable bonds is 3. The van der Waals surface area contributed by atoms with E-state index in [9.17, 15) is 4.79 Å². The number of anilines is 1. The predicted octanol–water partition coefficient (Wildman–Crippen LogP) is 2.90. The zero-order valence-corrected chi connectivity index (χ0v) is 11.7. The molecule has 0 saturated heterocycles. The van der Waals surface area contributed by atoms with Crippen molar-refractivity contribution in [2.45, 2.75) is 25.8 Å². The minimum atomic E-state index is 0.0311. The van der Waals surface area contributed by atoms with Crippen molar-refractivity contribution in [2.75, 3.05) is 12.8 Å². The van der Waals surface area contributed by atoms with Gasteiger partial charge in [0, 0.05) is 23.2 Å². The van der Waals surface area contributed by atoms with E-state index in [0.717, 1.165) is 4.47 Å². The number of nitrogens with zero attached hydrogens (tertiary/aromatic N) is 1. The summed E-state index contributed by atoms with van der Waals surface area (Å²) >= 11 is 3.40. The minimum absolute atomic E-state index is 0.0311. The standard InChI is InChI=1S/C13H17BrN2O/c1-8(9-3-4-9)16(2)13(17)11-7-10(15)5-6-12(11)14/h5-9H,3-4,15H2,1-2H3. The van der Waals surface area contributed by atoms with Crippen LogP contribution in [0.2, 0.25) is 0 Å². The van der Waals surface area contributed by atoms with E-state index in [2.05, 4.69) is 22.9 Å². The average molecular weight is 297 g/mol. The molecule has 92 valence electrons. The van der Waals surface area contributed by atoms with Gasteiger partial charge in [-0.1, -0.05) is 0 Å². The van der Waals surface area contributed by atoms with Gasteiger partial charge in [-0.3, -0.25) is 4.79 Å². The van der Waals surface area contributed by atoms with Crippen molar-refractivity contribution >= 4 is 27.5 Å². The molecule has 1 aliphatic carbocycles. The van der Waals surface area contributed by atoms with E-state index < -0.39 is 0 Å². The van der Waals surface area contributed by atoms with E-state index in [-0.39, 0.29) is 5.91 Å². The Bertz CT molecular complexity index is 443. The Morgan fingerprint density at radius 2 is 2.18 bits per heavy atom. The first-order chi connectivity index (χ1) is 8.00. The molecule has 1 aromatic carbocycles. The maximum absolute atomic E-state index is 12.3. The third kappa shape index (κ3) is 2.63. The maximum Gasteiger partial charge on any atom is 0.255 e. The Morgan fingerprint density at radius 1 is 1.53 bits per heavy atom. The molecule has 0 aromatic heterocycles. The van der Waals surface area contributed by atoms with Crippen LogP contribution in [0.5, 0.6) is 0 Å². The molecule has 3 nitrogen and oxygen atoms in total. The lowest BCUT2D eigenvalue weighted by atomic mass is 10.1. The Balaban J connectivity index is 2.20. The van der Waals surface area contributed by atoms with Crippen LogP contribution in [0.1, 0.15) is 30.1 Å². The Hall–Kier alpha value is -1.03. The molecule has 1 aliphatic rings. The molecule has 2 rings (SSSR count). The highest BCUT2D eigenvalue weighted by Gasteiger charge is 2.33. The summed E-state index contributed by atoms with van der Waals surface area (Å²) < 4.78 is 0.798. The summed E-state index contributed by atoms with van der Waals surface area (Å²) in [6.07, 6.45) is 2.47. The summed E-state index contributed by atoms with van der Waals surface area (Å²) in [4.78, 5) is 14.1. The van der Waals surface area contributed by atoms with Crippen LogP contribution in [-0.2, 0) is 0 Å². The van der Waals surface area contributed by atoms with Gasteiger partial charge in [0.25, 0.3) is 5.91 Å². The number of hydrogen-bond acceptors (Lipinski definition) is 2. The molecule has 0 heterocycles. The summed E-state index contributed by atoms with van der Waals surface area (Å²) in [5.41, 5.74) is 6.98. The molecule has 1 atom stereocenters. The number of nitrogen functional groups attached to an aromatic ring is 1. The molecule has 0 spiro atoms. The number of nitrogens with two attached hydrogens (primary N) is 1. The van der Waals surface area contributed by atoms with Crippen molar-refractivity contribution in [1.29, 1.82) is 0 Å². The van der Waals surface area contributed by atoms with Crippen molar-refractivity contribution < 1.29 is 4.79 Å². The second-order valence-corrected chi connectivity index (χ2v) is 5.59. The van der Waals surface area contributed by atoms with Gasteiger partial charge in [-0.05, 0) is 59.8 Å². The van der Waals surface area contributed by atoms with Gasteiger partial charge in [0.05, 0.1) is 5.56 Å². The molecule has 0 radical (unpaired) electrons. The van der Waals surface area contributed by atoms with Crippen molar-refractivity contribution in [3.8, 4) is 0 Å². The first-order valence-electron chi connectivity index (χ1n) is 5.83. The van der Waals surface area contributed by atoms with Gasteiger partial charge < -0.3 is 10.6 Å². The number of hydrogen-bond donors (Lipinski definition) is 1. The van der Waals surface area contributed by atoms with Gasteiger partial charge >= 0.3 is 0 Å². The van der Waals surface area contributed by atoms with E-state index in [1.54, 1.807) is 12.1 Å². The fourth-order valence-corrected chi connectivity index (χ4v) is 2.39. The molecular formula is C13H17BrN2O. The lowest BCUT2D eigenvalue weighted by Crippen LogP contribution is -2.36. The second kappa shape index (κ2) is 4.69. The molecule has 1 aromatic rings. The lowest BCUT2D eigenvalue weighted by molar-refractivity contribution is 0.0726. The van der Waals surface area contributed by atoms with Gasteiger partial charge in [-0.15, -0.1) is 0 Å². The van der Waals surface area contributed by atoms with E-state index in [1.807, 2.05) is 18.0 Å². The highest BCUT2D eigenvalue weighted by molar-refractivity contribution is 9.10. The highest BCUT2D eigenvalue weighted by Crippen LogP contribution is 2.35. The lowest BCUT2D eigenvalue weighted by Gasteiger charge is -2.25. The van der Waals surface area contributed by atoms with Crippen LogP contribution in [-0.4, -0.2) is 23.9 Å². The molecule has 1 saturated carbocycles. The quantitative estimate of drug-likeness (QED) is 0.872. The largest absolute Gasteiger partial charge is 0.399 e. The normalized spacial score (nSPS) is 16.6.